The highest BCUT2D eigenvalue weighted by Gasteiger charge is 2.29. The molecule has 6 rings (SSSR count). The predicted octanol–water partition coefficient (Wildman–Crippen LogP) is 10.7. The third-order valence-corrected chi connectivity index (χ3v) is 13.5. The number of nitrogens with one attached hydrogen (secondary N) is 6. The van der Waals surface area contributed by atoms with Crippen LogP contribution in [-0.4, -0.2) is 48.2 Å². The average Bonchev–Trinajstić information content (AvgIpc) is 3.82. The summed E-state index contributed by atoms with van der Waals surface area (Å²) < 4.78 is 8.41. The molecule has 3 aromatic carbocycles. The number of hydrogen-bond donors (Lipinski definition) is 6. The molecule has 2 amide bonds. The van der Waals surface area contributed by atoms with Gasteiger partial charge in [0.1, 0.15) is 11.6 Å². The van der Waals surface area contributed by atoms with E-state index in [0.717, 1.165) is 70.9 Å². The van der Waals surface area contributed by atoms with Crippen molar-refractivity contribution in [2.24, 2.45) is 0 Å². The van der Waals surface area contributed by atoms with Gasteiger partial charge in [0.25, 0.3) is 11.5 Å². The van der Waals surface area contributed by atoms with Crippen molar-refractivity contribution in [3.63, 3.8) is 0 Å². The fraction of sp³-hybridized carbons (Fsp3) is 0.440. The largest absolute Gasteiger partial charge is 0.480 e. The monoisotopic (exact) mass is 902 g/mol. The van der Waals surface area contributed by atoms with E-state index < -0.39 is 6.10 Å². The van der Waals surface area contributed by atoms with Gasteiger partial charge < -0.3 is 20.4 Å². The lowest BCUT2D eigenvalue weighted by Gasteiger charge is -2.31. The number of rotatable bonds is 25. The number of aromatic nitrogens is 6. The van der Waals surface area contributed by atoms with Crippen molar-refractivity contribution in [3.05, 3.63) is 111 Å². The van der Waals surface area contributed by atoms with Gasteiger partial charge in [-0.3, -0.25) is 30.3 Å². The van der Waals surface area contributed by atoms with Crippen molar-refractivity contribution in [1.82, 2.24) is 35.2 Å². The molecule has 0 aliphatic carbocycles. The Morgan fingerprint density at radius 3 is 2.35 bits per heavy atom. The Hall–Kier alpha value is -6.09. The van der Waals surface area contributed by atoms with Gasteiger partial charge in [0.2, 0.25) is 6.41 Å². The summed E-state index contributed by atoms with van der Waals surface area (Å²) in [5.41, 5.74) is 11.7. The zero-order chi connectivity index (χ0) is 46.6. The van der Waals surface area contributed by atoms with Gasteiger partial charge in [-0.25, -0.2) is 9.97 Å². The molecule has 6 N–H and O–H groups in total. The zero-order valence-corrected chi connectivity index (χ0v) is 40.0. The fourth-order valence-corrected chi connectivity index (χ4v) is 8.35. The maximum absolute atomic E-state index is 14.2. The van der Waals surface area contributed by atoms with Crippen LogP contribution < -0.4 is 31.8 Å². The molecule has 0 radical (unpaired) electrons. The highest BCUT2D eigenvalue weighted by molar-refractivity contribution is 7.99. The molecular weight excluding hydrogens is 837 g/mol. The molecule has 0 aliphatic rings. The summed E-state index contributed by atoms with van der Waals surface area (Å²) in [5.74, 6) is 1.71. The SMILES string of the molecule is CCCCCCCCC(Oc1ccc(C(C)(C)CC)cc1C(C)(C)CC)C(=O)Nc1cccc(CCc2nc3c(Sc4ncc(Nc5ccc(NNC=O)cc5)[nH]c4=O)c(C)[nH]n3n2)c1. The number of nitrogens with zero attached hydrogens (tertiary/aromatic N) is 4. The lowest BCUT2D eigenvalue weighted by Crippen LogP contribution is -2.34. The number of aryl methyl sites for hydroxylation is 3. The smallest absolute Gasteiger partial charge is 0.282 e. The van der Waals surface area contributed by atoms with Crippen LogP contribution in [0.15, 0.2) is 87.6 Å². The molecular formula is C50H66N10O4S. The fourth-order valence-electron chi connectivity index (χ4n) is 7.48. The number of carbonyl (C=O) groups is 2. The molecule has 14 nitrogen and oxygen atoms in total. The van der Waals surface area contributed by atoms with Gasteiger partial charge >= 0.3 is 0 Å². The van der Waals surface area contributed by atoms with E-state index >= 15 is 0 Å². The quantitative estimate of drug-likeness (QED) is 0.0184. The molecule has 65 heavy (non-hydrogen) atoms. The molecule has 346 valence electrons. The van der Waals surface area contributed by atoms with E-state index in [1.807, 2.05) is 31.2 Å². The van der Waals surface area contributed by atoms with Crippen molar-refractivity contribution in [2.75, 3.05) is 16.1 Å². The maximum Gasteiger partial charge on any atom is 0.282 e. The number of benzene rings is 3. The van der Waals surface area contributed by atoms with Crippen LogP contribution in [0, 0.1) is 6.92 Å². The van der Waals surface area contributed by atoms with Crippen LogP contribution in [0.1, 0.15) is 134 Å². The van der Waals surface area contributed by atoms with Crippen LogP contribution in [0.3, 0.4) is 0 Å². The number of anilines is 4. The minimum atomic E-state index is -0.643. The first-order valence-corrected chi connectivity index (χ1v) is 23.8. The molecule has 1 atom stereocenters. The molecule has 15 heteroatoms. The molecule has 3 heterocycles. The molecule has 0 saturated carbocycles. The Kier molecular flexibility index (Phi) is 16.5. The topological polar surface area (TPSA) is 183 Å². The number of unbranched alkanes of at least 4 members (excludes halogenated alkanes) is 5. The Morgan fingerprint density at radius 1 is 0.892 bits per heavy atom. The highest BCUT2D eigenvalue weighted by Crippen LogP contribution is 2.39. The van der Waals surface area contributed by atoms with Crippen LogP contribution in [0.2, 0.25) is 0 Å². The second-order valence-corrected chi connectivity index (χ2v) is 19.0. The lowest BCUT2D eigenvalue weighted by molar-refractivity contribution is -0.123. The first kappa shape index (κ1) is 48.4. The minimum absolute atomic E-state index is 0.0274. The summed E-state index contributed by atoms with van der Waals surface area (Å²) in [5, 5.41) is 14.6. The normalized spacial score (nSPS) is 12.2. The van der Waals surface area contributed by atoms with E-state index in [1.165, 1.54) is 36.6 Å². The lowest BCUT2D eigenvalue weighted by atomic mass is 9.76. The predicted molar refractivity (Wildman–Crippen MR) is 262 cm³/mol. The number of hydrazine groups is 1. The standard InChI is InChI=1S/C50H66N10O4S/c1-9-12-13-14-15-16-20-41(64-40-27-22-35(49(5,6)10-2)30-39(40)50(7,8)11-3)46(62)54-38-19-17-18-34(29-38)21-28-42-55-45-44(33(4)58-60(45)59-42)65-48-47(63)56-43(31-51-48)53-36-23-25-37(26-24-36)57-52-32-61/h17-19,22-27,29-32,41,57-58H,9-16,20-21,28H2,1-8H3,(H,52,61)(H,54,62)(H2,53,56,63). The Labute approximate surface area is 386 Å². The highest BCUT2D eigenvalue weighted by atomic mass is 32.2. The van der Waals surface area contributed by atoms with Crippen LogP contribution in [-0.2, 0) is 33.3 Å². The van der Waals surface area contributed by atoms with E-state index in [0.29, 0.717) is 48.6 Å². The van der Waals surface area contributed by atoms with Gasteiger partial charge in [-0.15, -0.1) is 5.10 Å². The number of aromatic amines is 2. The van der Waals surface area contributed by atoms with E-state index in [9.17, 15) is 14.4 Å². The van der Waals surface area contributed by atoms with Crippen molar-refractivity contribution >= 4 is 52.6 Å². The number of ether oxygens (including phenoxy) is 1. The zero-order valence-electron chi connectivity index (χ0n) is 39.2. The molecule has 6 aromatic rings. The molecule has 0 fully saturated rings. The van der Waals surface area contributed by atoms with Gasteiger partial charge in [-0.2, -0.15) is 4.63 Å². The van der Waals surface area contributed by atoms with E-state index in [-0.39, 0.29) is 27.3 Å². The second kappa shape index (κ2) is 22.2. The minimum Gasteiger partial charge on any atom is -0.480 e. The maximum atomic E-state index is 14.2. The summed E-state index contributed by atoms with van der Waals surface area (Å²) >= 11 is 1.22. The summed E-state index contributed by atoms with van der Waals surface area (Å²) in [6.07, 6.45) is 12.0. The summed E-state index contributed by atoms with van der Waals surface area (Å²) in [6.45, 7) is 17.6. The first-order chi connectivity index (χ1) is 31.2. The van der Waals surface area contributed by atoms with Gasteiger partial charge in [-0.05, 0) is 103 Å². The van der Waals surface area contributed by atoms with Crippen molar-refractivity contribution in [3.8, 4) is 5.75 Å². The van der Waals surface area contributed by atoms with Gasteiger partial charge in [-0.1, -0.05) is 117 Å². The molecule has 0 spiro atoms. The molecule has 1 unspecified atom stereocenters. The van der Waals surface area contributed by atoms with Gasteiger partial charge in [0, 0.05) is 29.1 Å². The van der Waals surface area contributed by atoms with Crippen molar-refractivity contribution in [1.29, 1.82) is 0 Å². The average molecular weight is 903 g/mol. The number of fused-ring (bicyclic) bond motifs is 1. The Balaban J connectivity index is 1.12. The molecule has 3 aromatic heterocycles. The van der Waals surface area contributed by atoms with Crippen LogP contribution in [0.4, 0.5) is 22.9 Å². The first-order valence-electron chi connectivity index (χ1n) is 23.0. The third-order valence-electron chi connectivity index (χ3n) is 12.3. The van der Waals surface area contributed by atoms with Gasteiger partial charge in [0.15, 0.2) is 22.6 Å². The summed E-state index contributed by atoms with van der Waals surface area (Å²) in [4.78, 5) is 50.7. The summed E-state index contributed by atoms with van der Waals surface area (Å²) in [6, 6.07) is 21.6. The van der Waals surface area contributed by atoms with Crippen molar-refractivity contribution in [2.45, 2.75) is 153 Å². The van der Waals surface area contributed by atoms with Crippen LogP contribution >= 0.6 is 11.8 Å². The van der Waals surface area contributed by atoms with Crippen molar-refractivity contribution < 1.29 is 14.3 Å². The molecule has 0 aliphatic heterocycles. The van der Waals surface area contributed by atoms with Crippen LogP contribution in [0.25, 0.3) is 5.65 Å². The Bertz CT molecular complexity index is 2580. The Morgan fingerprint density at radius 2 is 1.63 bits per heavy atom. The van der Waals surface area contributed by atoms with Crippen LogP contribution in [0.5, 0.6) is 5.75 Å². The second-order valence-electron chi connectivity index (χ2n) is 18.0. The third kappa shape index (κ3) is 12.8. The number of H-pyrrole nitrogens is 2. The molecule has 0 saturated heterocycles. The van der Waals surface area contributed by atoms with E-state index in [1.54, 1.807) is 35.1 Å². The number of amides is 2. The number of carbonyl (C=O) groups excluding carboxylic acids is 2. The summed E-state index contributed by atoms with van der Waals surface area (Å²) in [7, 11) is 0. The number of hydrogen-bond acceptors (Lipinski definition) is 10. The van der Waals surface area contributed by atoms with E-state index in [4.69, 9.17) is 14.8 Å². The molecule has 0 bridgehead atoms. The van der Waals surface area contributed by atoms with Gasteiger partial charge in [0.05, 0.1) is 16.8 Å². The van der Waals surface area contributed by atoms with E-state index in [2.05, 4.69) is 103 Å².